The van der Waals surface area contributed by atoms with Gasteiger partial charge in [-0.15, -0.1) is 6.58 Å². The van der Waals surface area contributed by atoms with E-state index in [2.05, 4.69) is 29.5 Å². The van der Waals surface area contributed by atoms with Crippen molar-refractivity contribution in [3.8, 4) is 11.8 Å². The molecule has 2 atom stereocenters. The monoisotopic (exact) mass is 634 g/mol. The standard InChI is InChI=1S/2C14H14NO2.2Y/c2*1-8-5-9-7-12-10(11(6-8)14(9)16)3-4-13(15-12)17-2;;/h3-5,9H,6-7H2,1-2H3;3-4,9H,1,5-7H2,2H3;;/q2*-1;;. The normalized spacial score (nSPS) is 21.0. The number of hydrogen-bond donors (Lipinski definition) is 0. The van der Waals surface area contributed by atoms with Crippen molar-refractivity contribution in [1.82, 2.24) is 9.97 Å². The van der Waals surface area contributed by atoms with E-state index in [0.29, 0.717) is 31.0 Å². The molecular weight excluding hydrogens is 606 g/mol. The third-order valence-electron chi connectivity index (χ3n) is 7.02. The molecule has 1 fully saturated rings. The maximum absolute atomic E-state index is 12.1. The fourth-order valence-electron chi connectivity index (χ4n) is 5.43. The number of fused-ring (bicyclic) bond motifs is 8. The smallest absolute Gasteiger partial charge is 0.188 e. The Kier molecular flexibility index (Phi) is 9.76. The molecule has 0 aromatic carbocycles. The molecule has 4 aliphatic rings. The maximum atomic E-state index is 12.1. The van der Waals surface area contributed by atoms with E-state index in [1.54, 1.807) is 14.2 Å². The van der Waals surface area contributed by atoms with E-state index in [1.807, 2.05) is 24.3 Å². The fraction of sp³-hybridized carbons (Fsp3) is 0.357. The molecule has 0 N–H and O–H groups in total. The van der Waals surface area contributed by atoms with Crippen LogP contribution in [0.4, 0.5) is 0 Å². The molecule has 2 heterocycles. The summed E-state index contributed by atoms with van der Waals surface area (Å²) >= 11 is 0. The van der Waals surface area contributed by atoms with Crippen molar-refractivity contribution in [1.29, 1.82) is 0 Å². The van der Waals surface area contributed by atoms with Crippen LogP contribution in [0.5, 0.6) is 11.8 Å². The van der Waals surface area contributed by atoms with Gasteiger partial charge >= 0.3 is 0 Å². The molecule has 2 aromatic rings. The molecule has 4 aliphatic carbocycles. The SMILES string of the molecule is C=C1C[C-]2C(=O)C(C1)Cc1nc(OC)ccc12.COc1ccc2c(n1)CC1C=C(C)C[C-]2C1=O.[Y].[Y]. The predicted molar refractivity (Wildman–Crippen MR) is 127 cm³/mol. The molecule has 182 valence electrons. The molecule has 0 aliphatic heterocycles. The van der Waals surface area contributed by atoms with Gasteiger partial charge in [-0.2, -0.15) is 23.3 Å². The molecule has 2 aromatic heterocycles. The van der Waals surface area contributed by atoms with Gasteiger partial charge in [0, 0.05) is 77.3 Å². The maximum Gasteiger partial charge on any atom is 0.188 e. The van der Waals surface area contributed by atoms with Gasteiger partial charge in [0.15, 0.2) is 11.8 Å². The van der Waals surface area contributed by atoms with E-state index < -0.39 is 0 Å². The summed E-state index contributed by atoms with van der Waals surface area (Å²) < 4.78 is 10.3. The molecule has 36 heavy (non-hydrogen) atoms. The number of ether oxygens (including phenoxy) is 2. The topological polar surface area (TPSA) is 78.4 Å². The van der Waals surface area contributed by atoms with Crippen molar-refractivity contribution in [2.24, 2.45) is 11.8 Å². The van der Waals surface area contributed by atoms with Crippen LogP contribution in [-0.4, -0.2) is 35.8 Å². The molecule has 6 nitrogen and oxygen atoms in total. The van der Waals surface area contributed by atoms with Gasteiger partial charge in [0.1, 0.15) is 11.6 Å². The van der Waals surface area contributed by atoms with Crippen molar-refractivity contribution in [3.63, 3.8) is 0 Å². The number of methoxy groups -OCH3 is 2. The second kappa shape index (κ2) is 12.0. The molecule has 1 saturated carbocycles. The van der Waals surface area contributed by atoms with Crippen molar-refractivity contribution in [3.05, 3.63) is 82.4 Å². The average molecular weight is 634 g/mol. The van der Waals surface area contributed by atoms with Gasteiger partial charge in [-0.3, -0.25) is 9.97 Å². The minimum atomic E-state index is -0.00847. The zero-order valence-electron chi connectivity index (χ0n) is 21.0. The van der Waals surface area contributed by atoms with Gasteiger partial charge in [-0.1, -0.05) is 52.6 Å². The zero-order chi connectivity index (χ0) is 24.0. The number of nitrogens with zero attached hydrogens (tertiary/aromatic N) is 2. The molecule has 0 amide bonds. The Bertz CT molecular complexity index is 1230. The van der Waals surface area contributed by atoms with Crippen molar-refractivity contribution in [2.45, 2.75) is 39.0 Å². The molecule has 4 bridgehead atoms. The summed E-state index contributed by atoms with van der Waals surface area (Å²) in [6.07, 6.45) is 5.77. The number of carbonyl (C=O) groups is 2. The number of carbonyl (C=O) groups excluding carboxylic acids is 2. The fourth-order valence-corrected chi connectivity index (χ4v) is 5.43. The van der Waals surface area contributed by atoms with E-state index in [4.69, 9.17) is 9.47 Å². The van der Waals surface area contributed by atoms with E-state index in [0.717, 1.165) is 52.8 Å². The van der Waals surface area contributed by atoms with E-state index in [9.17, 15) is 9.59 Å². The number of pyridine rings is 2. The largest absolute Gasteiger partial charge is 0.482 e. The summed E-state index contributed by atoms with van der Waals surface area (Å²) in [5.41, 5.74) is 6.44. The third-order valence-corrected chi connectivity index (χ3v) is 7.02. The Morgan fingerprint density at radius 1 is 0.833 bits per heavy atom. The minimum absolute atomic E-state index is 0. The van der Waals surface area contributed by atoms with Crippen molar-refractivity contribution < 1.29 is 84.5 Å². The molecule has 2 radical (unpaired) electrons. The van der Waals surface area contributed by atoms with Gasteiger partial charge in [-0.05, 0) is 39.0 Å². The first-order valence-corrected chi connectivity index (χ1v) is 11.6. The summed E-state index contributed by atoms with van der Waals surface area (Å²) in [5, 5.41) is 0. The number of hydrogen-bond acceptors (Lipinski definition) is 6. The van der Waals surface area contributed by atoms with Crippen LogP contribution in [0.15, 0.2) is 48.1 Å². The van der Waals surface area contributed by atoms with Crippen LogP contribution >= 0.6 is 0 Å². The Labute approximate surface area is 262 Å². The number of aromatic nitrogens is 2. The Hall–Kier alpha value is -1.33. The Balaban J connectivity index is 0.000000190. The molecule has 0 spiro atoms. The Morgan fingerprint density at radius 3 is 1.97 bits per heavy atom. The van der Waals surface area contributed by atoms with Gasteiger partial charge in [0.2, 0.25) is 0 Å². The first-order chi connectivity index (χ1) is 16.4. The minimum Gasteiger partial charge on any atom is -0.482 e. The summed E-state index contributed by atoms with van der Waals surface area (Å²) in [6.45, 7) is 6.10. The molecule has 6 rings (SSSR count). The van der Waals surface area contributed by atoms with Crippen LogP contribution in [0, 0.1) is 23.7 Å². The van der Waals surface area contributed by atoms with Gasteiger partial charge in [0.25, 0.3) is 0 Å². The van der Waals surface area contributed by atoms with Crippen molar-refractivity contribution >= 4 is 11.6 Å². The second-order valence-electron chi connectivity index (χ2n) is 9.41. The van der Waals surface area contributed by atoms with E-state index in [-0.39, 0.29) is 88.8 Å². The summed E-state index contributed by atoms with van der Waals surface area (Å²) in [7, 11) is 3.22. The quantitative estimate of drug-likeness (QED) is 0.364. The molecule has 2 unspecified atom stereocenters. The van der Waals surface area contributed by atoms with Crippen molar-refractivity contribution in [2.75, 3.05) is 14.2 Å². The Morgan fingerprint density at radius 2 is 1.39 bits per heavy atom. The van der Waals surface area contributed by atoms with Crippen LogP contribution in [0.1, 0.15) is 48.7 Å². The van der Waals surface area contributed by atoms with E-state index in [1.165, 1.54) is 5.57 Å². The first-order valence-electron chi connectivity index (χ1n) is 11.6. The second-order valence-corrected chi connectivity index (χ2v) is 9.41. The van der Waals surface area contributed by atoms with E-state index >= 15 is 0 Å². The van der Waals surface area contributed by atoms with Gasteiger partial charge in [-0.25, -0.2) is 0 Å². The summed E-state index contributed by atoms with van der Waals surface area (Å²) in [6, 6.07) is 7.55. The molecule has 0 saturated heterocycles. The first kappa shape index (κ1) is 29.2. The van der Waals surface area contributed by atoms with Crippen LogP contribution in [0.3, 0.4) is 0 Å². The number of Topliss-reactive ketones (excluding diaryl/α,β-unsaturated/α-hetero) is 2. The molecule has 8 heteroatoms. The number of rotatable bonds is 2. The third kappa shape index (κ3) is 5.57. The van der Waals surface area contributed by atoms with Crippen LogP contribution in [0.2, 0.25) is 0 Å². The number of allylic oxidation sites excluding steroid dienone is 3. The van der Waals surface area contributed by atoms with Crippen LogP contribution < -0.4 is 9.47 Å². The predicted octanol–water partition coefficient (Wildman–Crippen LogP) is 4.20. The zero-order valence-corrected chi connectivity index (χ0v) is 26.6. The molecular formula is C28H28N2O4Y2-2. The summed E-state index contributed by atoms with van der Waals surface area (Å²) in [5.74, 6) is 3.67. The van der Waals surface area contributed by atoms with Gasteiger partial charge < -0.3 is 19.1 Å². The average Bonchev–Trinajstić information content (AvgIpc) is 2.81. The van der Waals surface area contributed by atoms with Crippen LogP contribution in [0.25, 0.3) is 0 Å². The summed E-state index contributed by atoms with van der Waals surface area (Å²) in [4.78, 5) is 33.2. The van der Waals surface area contributed by atoms with Gasteiger partial charge in [0.05, 0.1) is 14.2 Å². The van der Waals surface area contributed by atoms with Crippen LogP contribution in [-0.2, 0) is 87.8 Å². The number of ketones is 2.